The van der Waals surface area contributed by atoms with Crippen LogP contribution in [0.1, 0.15) is 22.9 Å². The zero-order chi connectivity index (χ0) is 17.8. The predicted molar refractivity (Wildman–Crippen MR) is 100 cm³/mol. The Morgan fingerprint density at radius 3 is 2.72 bits per heavy atom. The Kier molecular flexibility index (Phi) is 5.19. The van der Waals surface area contributed by atoms with Gasteiger partial charge in [-0.25, -0.2) is 4.68 Å². The number of ether oxygens (including phenoxy) is 1. The molecule has 3 aromatic rings. The smallest absolute Gasteiger partial charge is 0.266 e. The SMILES string of the molecule is Cc1cc(C)cc(O[C@H](C)C(=O)Nc2ccnn2Cc2cccs2)c1. The van der Waals surface area contributed by atoms with Crippen LogP contribution in [-0.2, 0) is 11.3 Å². The van der Waals surface area contributed by atoms with Crippen molar-refractivity contribution in [2.24, 2.45) is 0 Å². The quantitative estimate of drug-likeness (QED) is 0.727. The van der Waals surface area contributed by atoms with Gasteiger partial charge < -0.3 is 10.1 Å². The maximum absolute atomic E-state index is 12.5. The van der Waals surface area contributed by atoms with Crippen LogP contribution in [-0.4, -0.2) is 21.8 Å². The maximum Gasteiger partial charge on any atom is 0.266 e. The third kappa shape index (κ3) is 4.48. The van der Waals surface area contributed by atoms with Crippen LogP contribution in [0.2, 0.25) is 0 Å². The summed E-state index contributed by atoms with van der Waals surface area (Å²) in [6.45, 7) is 6.39. The van der Waals surface area contributed by atoms with Gasteiger partial charge in [0.1, 0.15) is 11.6 Å². The summed E-state index contributed by atoms with van der Waals surface area (Å²) in [6, 6.07) is 11.8. The van der Waals surface area contributed by atoms with E-state index < -0.39 is 6.10 Å². The number of nitrogens with one attached hydrogen (secondary N) is 1. The second kappa shape index (κ2) is 7.53. The minimum atomic E-state index is -0.605. The third-order valence-corrected chi connectivity index (χ3v) is 4.59. The molecular formula is C19H21N3O2S. The van der Waals surface area contributed by atoms with Crippen molar-refractivity contribution in [2.45, 2.75) is 33.4 Å². The van der Waals surface area contributed by atoms with Gasteiger partial charge in [-0.3, -0.25) is 4.79 Å². The molecule has 1 atom stereocenters. The highest BCUT2D eigenvalue weighted by Gasteiger charge is 2.17. The van der Waals surface area contributed by atoms with E-state index in [0.717, 1.165) is 11.1 Å². The monoisotopic (exact) mass is 355 g/mol. The zero-order valence-electron chi connectivity index (χ0n) is 14.5. The molecule has 0 radical (unpaired) electrons. The van der Waals surface area contributed by atoms with Crippen LogP contribution in [0.4, 0.5) is 5.82 Å². The van der Waals surface area contributed by atoms with Crippen molar-refractivity contribution in [3.05, 3.63) is 64.0 Å². The summed E-state index contributed by atoms with van der Waals surface area (Å²) in [7, 11) is 0. The first-order valence-corrected chi connectivity index (χ1v) is 8.99. The van der Waals surface area contributed by atoms with Gasteiger partial charge in [0.25, 0.3) is 5.91 Å². The lowest BCUT2D eigenvalue weighted by molar-refractivity contribution is -0.122. The molecule has 6 heteroatoms. The molecule has 0 saturated carbocycles. The number of hydrogen-bond donors (Lipinski definition) is 1. The van der Waals surface area contributed by atoms with E-state index in [1.165, 1.54) is 4.88 Å². The Hall–Kier alpha value is -2.60. The minimum Gasteiger partial charge on any atom is -0.481 e. The zero-order valence-corrected chi connectivity index (χ0v) is 15.3. The highest BCUT2D eigenvalue weighted by Crippen LogP contribution is 2.19. The van der Waals surface area contributed by atoms with E-state index in [1.54, 1.807) is 35.2 Å². The van der Waals surface area contributed by atoms with Crippen molar-refractivity contribution in [1.82, 2.24) is 9.78 Å². The molecule has 1 aromatic carbocycles. The number of amides is 1. The van der Waals surface area contributed by atoms with E-state index in [-0.39, 0.29) is 5.91 Å². The molecule has 0 saturated heterocycles. The van der Waals surface area contributed by atoms with Crippen LogP contribution in [0.25, 0.3) is 0 Å². The van der Waals surface area contributed by atoms with E-state index in [4.69, 9.17) is 4.74 Å². The fourth-order valence-corrected chi connectivity index (χ4v) is 3.29. The van der Waals surface area contributed by atoms with Gasteiger partial charge in [0.05, 0.1) is 12.7 Å². The normalized spacial score (nSPS) is 12.0. The van der Waals surface area contributed by atoms with Crippen LogP contribution in [0.15, 0.2) is 48.0 Å². The lowest BCUT2D eigenvalue weighted by Gasteiger charge is -2.16. The topological polar surface area (TPSA) is 56.1 Å². The first-order valence-electron chi connectivity index (χ1n) is 8.11. The average molecular weight is 355 g/mol. The number of anilines is 1. The summed E-state index contributed by atoms with van der Waals surface area (Å²) >= 11 is 1.66. The summed E-state index contributed by atoms with van der Waals surface area (Å²) in [6.07, 6.45) is 1.07. The van der Waals surface area contributed by atoms with Gasteiger partial charge in [0, 0.05) is 10.9 Å². The number of rotatable bonds is 6. The van der Waals surface area contributed by atoms with E-state index in [0.29, 0.717) is 18.1 Å². The average Bonchev–Trinajstić information content (AvgIpc) is 3.19. The Morgan fingerprint density at radius 2 is 2.04 bits per heavy atom. The molecule has 0 unspecified atom stereocenters. The highest BCUT2D eigenvalue weighted by atomic mass is 32.1. The van der Waals surface area contributed by atoms with Crippen LogP contribution < -0.4 is 10.1 Å². The first-order chi connectivity index (χ1) is 12.0. The molecule has 0 aliphatic heterocycles. The van der Waals surface area contributed by atoms with Crippen molar-refractivity contribution in [1.29, 1.82) is 0 Å². The molecule has 0 aliphatic rings. The van der Waals surface area contributed by atoms with Gasteiger partial charge in [0.15, 0.2) is 6.10 Å². The standard InChI is InChI=1S/C19H21N3O2S/c1-13-9-14(2)11-16(10-13)24-15(3)19(23)21-18-6-7-20-22(18)12-17-5-4-8-25-17/h4-11,15H,12H2,1-3H3,(H,21,23)/t15-/m1/s1. The molecule has 0 fully saturated rings. The molecule has 130 valence electrons. The number of benzene rings is 1. The third-order valence-electron chi connectivity index (χ3n) is 3.73. The minimum absolute atomic E-state index is 0.202. The van der Waals surface area contributed by atoms with Crippen LogP contribution in [0.5, 0.6) is 5.75 Å². The molecule has 2 heterocycles. The van der Waals surface area contributed by atoms with Crippen molar-refractivity contribution < 1.29 is 9.53 Å². The molecule has 1 N–H and O–H groups in total. The van der Waals surface area contributed by atoms with E-state index in [9.17, 15) is 4.79 Å². The molecule has 0 spiro atoms. The van der Waals surface area contributed by atoms with E-state index >= 15 is 0 Å². The van der Waals surface area contributed by atoms with Gasteiger partial charge in [0.2, 0.25) is 0 Å². The Bertz CT molecular complexity index is 835. The highest BCUT2D eigenvalue weighted by molar-refractivity contribution is 7.09. The molecule has 5 nitrogen and oxygen atoms in total. The van der Waals surface area contributed by atoms with E-state index in [1.807, 2.05) is 43.5 Å². The van der Waals surface area contributed by atoms with Crippen molar-refractivity contribution >= 4 is 23.1 Å². The molecule has 0 bridgehead atoms. The van der Waals surface area contributed by atoms with Gasteiger partial charge in [-0.15, -0.1) is 11.3 Å². The number of carbonyl (C=O) groups excluding carboxylic acids is 1. The molecule has 3 rings (SSSR count). The predicted octanol–water partition coefficient (Wildman–Crippen LogP) is 4.02. The fraction of sp³-hybridized carbons (Fsp3) is 0.263. The van der Waals surface area contributed by atoms with Gasteiger partial charge in [-0.1, -0.05) is 12.1 Å². The number of nitrogens with zero attached hydrogens (tertiary/aromatic N) is 2. The Labute approximate surface area is 151 Å². The summed E-state index contributed by atoms with van der Waals surface area (Å²) in [5.74, 6) is 1.16. The number of hydrogen-bond acceptors (Lipinski definition) is 4. The maximum atomic E-state index is 12.5. The second-order valence-corrected chi connectivity index (χ2v) is 7.06. The lowest BCUT2D eigenvalue weighted by Crippen LogP contribution is -2.31. The number of aromatic nitrogens is 2. The van der Waals surface area contributed by atoms with Crippen LogP contribution in [0, 0.1) is 13.8 Å². The summed E-state index contributed by atoms with van der Waals surface area (Å²) in [5, 5.41) is 9.20. The Balaban J connectivity index is 1.65. The van der Waals surface area contributed by atoms with Gasteiger partial charge in [-0.2, -0.15) is 5.10 Å². The number of thiophene rings is 1. The number of aryl methyl sites for hydroxylation is 2. The lowest BCUT2D eigenvalue weighted by atomic mass is 10.1. The van der Waals surface area contributed by atoms with Gasteiger partial charge in [-0.05, 0) is 55.5 Å². The molecule has 0 aliphatic carbocycles. The summed E-state index contributed by atoms with van der Waals surface area (Å²) < 4.78 is 7.56. The van der Waals surface area contributed by atoms with Crippen LogP contribution >= 0.6 is 11.3 Å². The fourth-order valence-electron chi connectivity index (χ4n) is 2.60. The van der Waals surface area contributed by atoms with Crippen molar-refractivity contribution in [3.8, 4) is 5.75 Å². The second-order valence-electron chi connectivity index (χ2n) is 6.03. The van der Waals surface area contributed by atoms with E-state index in [2.05, 4.69) is 16.5 Å². The van der Waals surface area contributed by atoms with Crippen molar-refractivity contribution in [2.75, 3.05) is 5.32 Å². The van der Waals surface area contributed by atoms with Crippen molar-refractivity contribution in [3.63, 3.8) is 0 Å². The van der Waals surface area contributed by atoms with Gasteiger partial charge >= 0.3 is 0 Å². The van der Waals surface area contributed by atoms with Crippen LogP contribution in [0.3, 0.4) is 0 Å². The summed E-state index contributed by atoms with van der Waals surface area (Å²) in [5.41, 5.74) is 2.22. The molecular weight excluding hydrogens is 334 g/mol. The first kappa shape index (κ1) is 17.2. The Morgan fingerprint density at radius 1 is 1.28 bits per heavy atom. The summed E-state index contributed by atoms with van der Waals surface area (Å²) in [4.78, 5) is 13.6. The molecule has 2 aromatic heterocycles. The number of carbonyl (C=O) groups is 1. The molecule has 25 heavy (non-hydrogen) atoms. The largest absolute Gasteiger partial charge is 0.481 e. The molecule has 1 amide bonds.